The molecule has 10 aromatic rings. The van der Waals surface area contributed by atoms with Gasteiger partial charge in [0.1, 0.15) is 94.9 Å². The summed E-state index contributed by atoms with van der Waals surface area (Å²) in [7, 11) is 4.76. The first-order valence-corrected chi connectivity index (χ1v) is 23.4. The first-order valence-electron chi connectivity index (χ1n) is 21.8. The second-order valence-corrected chi connectivity index (χ2v) is 17.8. The highest BCUT2D eigenvalue weighted by atomic mass is 32.1. The number of rotatable bonds is 16. The van der Waals surface area contributed by atoms with Crippen LogP contribution in [0.15, 0.2) is 72.7 Å². The van der Waals surface area contributed by atoms with E-state index >= 15 is 0 Å². The maximum atomic E-state index is 6.32. The molecule has 8 aromatic heterocycles. The largest absolute Gasteiger partial charge is 0.496 e. The first-order chi connectivity index (χ1) is 33.8. The highest BCUT2D eigenvalue weighted by Gasteiger charge is 2.27. The Bertz CT molecular complexity index is 3380. The lowest BCUT2D eigenvalue weighted by molar-refractivity contribution is 0.00867. The molecular weight excluding hydrogens is 937 g/mol. The fraction of sp³-hybridized carbons (Fsp3) is 0.333. The van der Waals surface area contributed by atoms with E-state index < -0.39 is 0 Å². The minimum atomic E-state index is -0.273. The number of ether oxygens (including phenoxy) is 8. The molecule has 24 heteroatoms. The van der Waals surface area contributed by atoms with Gasteiger partial charge in [0, 0.05) is 43.9 Å². The van der Waals surface area contributed by atoms with Crippen LogP contribution < -0.4 is 38.2 Å². The number of hydrogen-bond acceptors (Lipinski definition) is 22. The minimum absolute atomic E-state index is 0.142. The van der Waals surface area contributed by atoms with Crippen LogP contribution in [0.1, 0.15) is 17.1 Å². The zero-order valence-corrected chi connectivity index (χ0v) is 39.2. The van der Waals surface area contributed by atoms with Gasteiger partial charge in [-0.15, -0.1) is 10.2 Å². The third-order valence-electron chi connectivity index (χ3n) is 11.6. The van der Waals surface area contributed by atoms with E-state index in [9.17, 15) is 0 Å². The molecule has 2 fully saturated rings. The summed E-state index contributed by atoms with van der Waals surface area (Å²) in [5.74, 6) is 4.10. The van der Waals surface area contributed by atoms with Crippen molar-refractivity contribution in [3.05, 3.63) is 72.2 Å². The van der Waals surface area contributed by atoms with E-state index in [2.05, 4.69) is 20.1 Å². The number of oxazole rings is 2. The quantitative estimate of drug-likeness (QED) is 0.0926. The second kappa shape index (κ2) is 17.8. The number of methoxy groups -OCH3 is 3. The zero-order chi connectivity index (χ0) is 46.6. The van der Waals surface area contributed by atoms with Crippen LogP contribution in [0.25, 0.3) is 54.8 Å². The number of fused-ring (bicyclic) bond motifs is 4. The highest BCUT2D eigenvalue weighted by Crippen LogP contribution is 2.40. The maximum absolute atomic E-state index is 6.32. The summed E-state index contributed by atoms with van der Waals surface area (Å²) < 4.78 is 74.3. The first kappa shape index (κ1) is 42.8. The SMILES string of the molecule is COc1cc(OCc2coc(N3CCOC(COc4nn5cc(-c6cc7c(OCc8nc(N9CCOCC9)oc8C)cc(OC)cc7o6)nc5s4)C3)n2)c2cc(-c3cn4nc(OC)sc4n3)oc2c1. The molecule has 1 atom stereocenters. The van der Waals surface area contributed by atoms with Crippen LogP contribution in [-0.4, -0.2) is 119 Å². The molecule has 0 saturated carbocycles. The van der Waals surface area contributed by atoms with Gasteiger partial charge < -0.3 is 65.4 Å². The van der Waals surface area contributed by atoms with E-state index in [1.165, 1.54) is 22.7 Å². The Morgan fingerprint density at radius 3 is 1.94 bits per heavy atom. The maximum Gasteiger partial charge on any atom is 0.297 e. The number of morpholine rings is 2. The molecule has 2 aliphatic heterocycles. The smallest absolute Gasteiger partial charge is 0.297 e. The third-order valence-corrected chi connectivity index (χ3v) is 13.3. The molecule has 10 heterocycles. The number of imidazole rings is 2. The van der Waals surface area contributed by atoms with Crippen LogP contribution in [0, 0.1) is 6.92 Å². The number of benzene rings is 2. The normalized spacial score (nSPS) is 15.6. The fourth-order valence-corrected chi connectivity index (χ4v) is 9.48. The van der Waals surface area contributed by atoms with Crippen LogP contribution in [-0.2, 0) is 22.7 Å². The number of aryl methyl sites for hydroxylation is 1. The van der Waals surface area contributed by atoms with E-state index in [0.29, 0.717) is 139 Å². The van der Waals surface area contributed by atoms with E-state index in [-0.39, 0.29) is 25.9 Å². The van der Waals surface area contributed by atoms with Crippen molar-refractivity contribution >= 4 is 66.6 Å². The van der Waals surface area contributed by atoms with Crippen molar-refractivity contribution in [3.63, 3.8) is 0 Å². The zero-order valence-electron chi connectivity index (χ0n) is 37.5. The minimum Gasteiger partial charge on any atom is -0.496 e. The molecule has 1 unspecified atom stereocenters. The Balaban J connectivity index is 0.672. The van der Waals surface area contributed by atoms with E-state index in [1.54, 1.807) is 55.1 Å². The number of furan rings is 2. The average Bonchev–Trinajstić information content (AvgIpc) is 4.24. The summed E-state index contributed by atoms with van der Waals surface area (Å²) in [4.78, 5) is 24.3. The van der Waals surface area contributed by atoms with Gasteiger partial charge in [-0.05, 0) is 41.7 Å². The van der Waals surface area contributed by atoms with Crippen molar-refractivity contribution in [1.82, 2.24) is 39.2 Å². The van der Waals surface area contributed by atoms with Gasteiger partial charge in [0.25, 0.3) is 22.4 Å². The molecule has 22 nitrogen and oxygen atoms in total. The Labute approximate surface area is 398 Å². The number of nitrogens with zero attached hydrogens (tertiary/aromatic N) is 10. The molecule has 69 heavy (non-hydrogen) atoms. The topological polar surface area (TPSA) is 219 Å². The summed E-state index contributed by atoms with van der Waals surface area (Å²) in [6, 6.07) is 12.1. The van der Waals surface area contributed by atoms with Crippen LogP contribution in [0.2, 0.25) is 0 Å². The van der Waals surface area contributed by atoms with Crippen molar-refractivity contribution in [3.8, 4) is 56.3 Å². The van der Waals surface area contributed by atoms with Gasteiger partial charge in [-0.2, -0.15) is 9.97 Å². The molecule has 0 aliphatic carbocycles. The molecule has 0 N–H and O–H groups in total. The van der Waals surface area contributed by atoms with Gasteiger partial charge >= 0.3 is 0 Å². The standard InChI is InChI=1S/C45H42N10O12S2/c1-24-33(47-41(65-24)52-5-8-59-9-6-52)23-62-35-12-27(57-3)14-37-30(35)16-39(67-37)32-19-55-43(49-32)69-45(51-55)64-22-28-17-53(7-10-60-28)40-46-25(21-63-40)20-61-34-11-26(56-2)13-36-29(34)15-38(66-36)31-18-54-42(48-31)68-44(50-54)58-4/h11-16,18-19,21,28H,5-10,17,20,22-23H2,1-4H3. The van der Waals surface area contributed by atoms with E-state index in [1.807, 2.05) is 42.2 Å². The van der Waals surface area contributed by atoms with Crippen LogP contribution in [0.3, 0.4) is 0 Å². The van der Waals surface area contributed by atoms with E-state index in [0.717, 1.165) is 23.9 Å². The molecule has 2 aromatic carbocycles. The Kier molecular flexibility index (Phi) is 11.1. The lowest BCUT2D eigenvalue weighted by Crippen LogP contribution is -2.45. The Morgan fingerprint density at radius 1 is 0.652 bits per heavy atom. The van der Waals surface area contributed by atoms with Crippen molar-refractivity contribution in [1.29, 1.82) is 0 Å². The number of aromatic nitrogens is 8. The molecule has 2 aliphatic rings. The highest BCUT2D eigenvalue weighted by molar-refractivity contribution is 7.18. The van der Waals surface area contributed by atoms with Gasteiger partial charge in [-0.25, -0.2) is 19.0 Å². The van der Waals surface area contributed by atoms with Gasteiger partial charge in [0.05, 0.1) is 70.9 Å². The average molecular weight is 979 g/mol. The summed E-state index contributed by atoms with van der Waals surface area (Å²) >= 11 is 2.65. The van der Waals surface area contributed by atoms with Crippen LogP contribution in [0.4, 0.5) is 12.0 Å². The summed E-state index contributed by atoms with van der Waals surface area (Å²) in [5.41, 5.74) is 3.71. The van der Waals surface area contributed by atoms with Gasteiger partial charge in [0.15, 0.2) is 11.5 Å². The molecule has 0 spiro atoms. The Morgan fingerprint density at radius 2 is 1.29 bits per heavy atom. The molecule has 0 radical (unpaired) electrons. The number of anilines is 2. The van der Waals surface area contributed by atoms with Gasteiger partial charge in [0.2, 0.25) is 9.92 Å². The van der Waals surface area contributed by atoms with Crippen LogP contribution >= 0.6 is 22.7 Å². The lowest BCUT2D eigenvalue weighted by atomic mass is 10.2. The molecule has 0 bridgehead atoms. The van der Waals surface area contributed by atoms with Crippen molar-refractivity contribution in [2.24, 2.45) is 0 Å². The van der Waals surface area contributed by atoms with Crippen LogP contribution in [0.5, 0.6) is 33.4 Å². The molecule has 356 valence electrons. The molecular formula is C45H42N10O12S2. The molecule has 0 amide bonds. The predicted octanol–water partition coefficient (Wildman–Crippen LogP) is 7.31. The lowest BCUT2D eigenvalue weighted by Gasteiger charge is -2.31. The third kappa shape index (κ3) is 8.44. The van der Waals surface area contributed by atoms with Crippen molar-refractivity contribution in [2.75, 3.05) is 83.7 Å². The molecule has 2 saturated heterocycles. The van der Waals surface area contributed by atoms with Gasteiger partial charge in [-0.3, -0.25) is 0 Å². The fourth-order valence-electron chi connectivity index (χ4n) is 8.03. The monoisotopic (exact) mass is 978 g/mol. The summed E-state index contributed by atoms with van der Waals surface area (Å²) in [6.45, 7) is 6.74. The molecule has 12 rings (SSSR count). The van der Waals surface area contributed by atoms with E-state index in [4.69, 9.17) is 70.5 Å². The predicted molar refractivity (Wildman–Crippen MR) is 249 cm³/mol. The second-order valence-electron chi connectivity index (χ2n) is 16.0. The summed E-state index contributed by atoms with van der Waals surface area (Å²) in [5, 5.41) is 11.5. The summed E-state index contributed by atoms with van der Waals surface area (Å²) in [6.07, 6.45) is 4.90. The van der Waals surface area contributed by atoms with Crippen molar-refractivity contribution < 1.29 is 55.6 Å². The number of hydrogen-bond donors (Lipinski definition) is 0. The van der Waals surface area contributed by atoms with Gasteiger partial charge in [-0.1, -0.05) is 0 Å². The Hall–Kier alpha value is -7.54. The van der Waals surface area contributed by atoms with Crippen molar-refractivity contribution in [2.45, 2.75) is 26.2 Å².